The minimum atomic E-state index is -0.402. The van der Waals surface area contributed by atoms with Crippen molar-refractivity contribution in [2.45, 2.75) is 51.7 Å². The number of carbonyl (C=O) groups excluding carboxylic acids is 1. The van der Waals surface area contributed by atoms with E-state index in [1.165, 1.54) is 16.8 Å². The molecule has 2 aromatic carbocycles. The summed E-state index contributed by atoms with van der Waals surface area (Å²) in [6, 6.07) is 20.2. The number of aromatic nitrogens is 2. The van der Waals surface area contributed by atoms with Gasteiger partial charge in [-0.15, -0.1) is 0 Å². The smallest absolute Gasteiger partial charge is 0.241 e. The van der Waals surface area contributed by atoms with Gasteiger partial charge in [0.25, 0.3) is 0 Å². The topological polar surface area (TPSA) is 68.6 Å². The number of hydrogen-bond acceptors (Lipinski definition) is 5. The third-order valence-electron chi connectivity index (χ3n) is 7.59. The summed E-state index contributed by atoms with van der Waals surface area (Å²) in [5, 5.41) is 7.83. The second-order valence-corrected chi connectivity index (χ2v) is 9.76. The standard InChI is InChI=1S/C30H36N4O3/c1-4-34-25-15-16-33(29(30(35)31-3)23-13-9-6-10-14-23)26(28(25)21(2)32-34)18-24(27-19-36-20-37-27)17-22-11-7-5-8-12-22/h5-14,19,24,26,29H,4,15-18,20H2,1-3H3,(H,31,35). The van der Waals surface area contributed by atoms with Gasteiger partial charge in [0, 0.05) is 49.8 Å². The Morgan fingerprint density at radius 2 is 1.86 bits per heavy atom. The van der Waals surface area contributed by atoms with Crippen LogP contribution in [-0.2, 0) is 33.7 Å². The van der Waals surface area contributed by atoms with E-state index in [9.17, 15) is 4.79 Å². The lowest BCUT2D eigenvalue weighted by atomic mass is 9.83. The molecule has 0 spiro atoms. The van der Waals surface area contributed by atoms with Crippen LogP contribution in [-0.4, -0.2) is 41.0 Å². The van der Waals surface area contributed by atoms with Crippen LogP contribution in [0, 0.1) is 12.8 Å². The van der Waals surface area contributed by atoms with Crippen molar-refractivity contribution in [2.75, 3.05) is 20.4 Å². The molecule has 0 bridgehead atoms. The Morgan fingerprint density at radius 1 is 1.14 bits per heavy atom. The van der Waals surface area contributed by atoms with Gasteiger partial charge in [0.15, 0.2) is 0 Å². The van der Waals surface area contributed by atoms with Gasteiger partial charge in [-0.25, -0.2) is 0 Å². The molecule has 0 radical (unpaired) electrons. The van der Waals surface area contributed by atoms with Crippen LogP contribution in [0.15, 0.2) is 72.7 Å². The largest absolute Gasteiger partial charge is 0.462 e. The number of benzene rings is 2. The van der Waals surface area contributed by atoms with Crippen LogP contribution in [0.3, 0.4) is 0 Å². The fourth-order valence-electron chi connectivity index (χ4n) is 5.92. The van der Waals surface area contributed by atoms with Crippen molar-refractivity contribution in [3.8, 4) is 0 Å². The molecule has 7 nitrogen and oxygen atoms in total. The molecule has 0 saturated carbocycles. The van der Waals surface area contributed by atoms with Crippen LogP contribution in [0.25, 0.3) is 0 Å². The van der Waals surface area contributed by atoms with Gasteiger partial charge in [0.2, 0.25) is 12.7 Å². The van der Waals surface area contributed by atoms with Gasteiger partial charge in [-0.1, -0.05) is 60.7 Å². The highest BCUT2D eigenvalue weighted by Crippen LogP contribution is 2.43. The van der Waals surface area contributed by atoms with E-state index in [1.54, 1.807) is 13.3 Å². The predicted octanol–water partition coefficient (Wildman–Crippen LogP) is 4.69. The molecule has 3 aromatic rings. The zero-order valence-electron chi connectivity index (χ0n) is 21.9. The molecule has 0 saturated heterocycles. The lowest BCUT2D eigenvalue weighted by Gasteiger charge is -2.42. The van der Waals surface area contributed by atoms with Gasteiger partial charge in [0.05, 0.1) is 5.69 Å². The first kappa shape index (κ1) is 25.1. The fourth-order valence-corrected chi connectivity index (χ4v) is 5.92. The van der Waals surface area contributed by atoms with Crippen molar-refractivity contribution in [2.24, 2.45) is 5.92 Å². The maximum Gasteiger partial charge on any atom is 0.241 e. The molecule has 194 valence electrons. The van der Waals surface area contributed by atoms with Gasteiger partial charge in [-0.2, -0.15) is 5.10 Å². The first-order chi connectivity index (χ1) is 18.1. The molecule has 0 aliphatic carbocycles. The maximum absolute atomic E-state index is 13.4. The van der Waals surface area contributed by atoms with Crippen LogP contribution in [0.2, 0.25) is 0 Å². The Balaban J connectivity index is 1.58. The Hall–Kier alpha value is -3.58. The molecule has 3 atom stereocenters. The van der Waals surface area contributed by atoms with Gasteiger partial charge < -0.3 is 14.8 Å². The van der Waals surface area contributed by atoms with E-state index in [-0.39, 0.29) is 24.7 Å². The zero-order chi connectivity index (χ0) is 25.8. The molecule has 7 heteroatoms. The highest BCUT2D eigenvalue weighted by molar-refractivity contribution is 5.83. The van der Waals surface area contributed by atoms with E-state index in [1.807, 2.05) is 36.4 Å². The Bertz CT molecular complexity index is 1240. The molecular weight excluding hydrogens is 464 g/mol. The van der Waals surface area contributed by atoms with Gasteiger partial charge in [-0.3, -0.25) is 14.4 Å². The number of nitrogens with zero attached hydrogens (tertiary/aromatic N) is 3. The lowest BCUT2D eigenvalue weighted by Crippen LogP contribution is -2.45. The third-order valence-corrected chi connectivity index (χ3v) is 7.59. The second-order valence-electron chi connectivity index (χ2n) is 9.76. The van der Waals surface area contributed by atoms with Crippen LogP contribution in [0.4, 0.5) is 0 Å². The normalized spacial score (nSPS) is 18.8. The summed E-state index contributed by atoms with van der Waals surface area (Å²) >= 11 is 0. The fraction of sp³-hybridized carbons (Fsp3) is 0.400. The number of aryl methyl sites for hydroxylation is 2. The molecule has 3 heterocycles. The van der Waals surface area contributed by atoms with Crippen molar-refractivity contribution in [1.82, 2.24) is 20.0 Å². The van der Waals surface area contributed by atoms with Crippen LogP contribution < -0.4 is 5.32 Å². The Kier molecular flexibility index (Phi) is 7.60. The summed E-state index contributed by atoms with van der Waals surface area (Å²) < 4.78 is 13.6. The first-order valence-electron chi connectivity index (χ1n) is 13.2. The summed E-state index contributed by atoms with van der Waals surface area (Å²) in [6.45, 7) is 6.08. The molecule has 0 fully saturated rings. The average Bonchev–Trinajstić information content (AvgIpc) is 3.59. The Morgan fingerprint density at radius 3 is 2.51 bits per heavy atom. The molecule has 1 N–H and O–H groups in total. The molecule has 37 heavy (non-hydrogen) atoms. The third kappa shape index (κ3) is 5.14. The van der Waals surface area contributed by atoms with E-state index in [0.717, 1.165) is 49.4 Å². The van der Waals surface area contributed by atoms with E-state index in [4.69, 9.17) is 14.6 Å². The van der Waals surface area contributed by atoms with E-state index >= 15 is 0 Å². The first-order valence-corrected chi connectivity index (χ1v) is 13.2. The predicted molar refractivity (Wildman–Crippen MR) is 142 cm³/mol. The summed E-state index contributed by atoms with van der Waals surface area (Å²) in [4.78, 5) is 15.8. The summed E-state index contributed by atoms with van der Waals surface area (Å²) in [5.74, 6) is 0.959. The number of carbonyl (C=O) groups is 1. The van der Waals surface area contributed by atoms with Crippen LogP contribution >= 0.6 is 0 Å². The van der Waals surface area contributed by atoms with Crippen molar-refractivity contribution < 1.29 is 14.3 Å². The number of nitrogens with one attached hydrogen (secondary N) is 1. The molecule has 1 amide bonds. The second kappa shape index (κ2) is 11.2. The van der Waals surface area contributed by atoms with E-state index in [2.05, 4.69) is 53.0 Å². The molecule has 3 unspecified atom stereocenters. The molecule has 2 aliphatic rings. The SMILES string of the molecule is CCn1nc(C)c2c1CCN(C(C(=O)NC)c1ccccc1)C2CC(Cc1ccccc1)C1=COCO1. The number of hydrogen-bond donors (Lipinski definition) is 1. The molecule has 1 aromatic heterocycles. The summed E-state index contributed by atoms with van der Waals surface area (Å²) in [5.41, 5.74) is 5.80. The monoisotopic (exact) mass is 500 g/mol. The van der Waals surface area contributed by atoms with E-state index in [0.29, 0.717) is 0 Å². The van der Waals surface area contributed by atoms with Crippen molar-refractivity contribution in [1.29, 1.82) is 0 Å². The van der Waals surface area contributed by atoms with Crippen LogP contribution in [0.5, 0.6) is 0 Å². The number of likely N-dealkylation sites (N-methyl/N-ethyl adjacent to an activating group) is 1. The minimum absolute atomic E-state index is 0.000499. The molecule has 2 aliphatic heterocycles. The summed E-state index contributed by atoms with van der Waals surface area (Å²) in [7, 11) is 1.72. The van der Waals surface area contributed by atoms with Gasteiger partial charge in [0.1, 0.15) is 18.1 Å². The zero-order valence-corrected chi connectivity index (χ0v) is 21.9. The molecular formula is C30H36N4O3. The van der Waals surface area contributed by atoms with E-state index < -0.39 is 6.04 Å². The number of rotatable bonds is 9. The molecule has 5 rings (SSSR count). The number of allylic oxidation sites excluding steroid dienone is 1. The lowest BCUT2D eigenvalue weighted by molar-refractivity contribution is -0.127. The highest BCUT2D eigenvalue weighted by Gasteiger charge is 2.41. The van der Waals surface area contributed by atoms with Crippen LogP contribution in [0.1, 0.15) is 53.5 Å². The minimum Gasteiger partial charge on any atom is -0.462 e. The highest BCUT2D eigenvalue weighted by atomic mass is 16.7. The number of fused-ring (bicyclic) bond motifs is 1. The summed E-state index contributed by atoms with van der Waals surface area (Å²) in [6.07, 6.45) is 4.23. The van der Waals surface area contributed by atoms with Gasteiger partial charge in [-0.05, 0) is 37.8 Å². The van der Waals surface area contributed by atoms with Crippen molar-refractivity contribution in [3.63, 3.8) is 0 Å². The number of ether oxygens (including phenoxy) is 2. The average molecular weight is 501 g/mol. The quantitative estimate of drug-likeness (QED) is 0.462. The van der Waals surface area contributed by atoms with Crippen molar-refractivity contribution >= 4 is 5.91 Å². The number of amides is 1. The Labute approximate surface area is 219 Å². The maximum atomic E-state index is 13.4. The van der Waals surface area contributed by atoms with Crippen molar-refractivity contribution in [3.05, 3.63) is 101 Å². The van der Waals surface area contributed by atoms with Gasteiger partial charge >= 0.3 is 0 Å².